The fourth-order valence-corrected chi connectivity index (χ4v) is 4.20. The molecule has 3 rings (SSSR count). The maximum Gasteiger partial charge on any atom is 0.341 e. The van der Waals surface area contributed by atoms with Gasteiger partial charge in [-0.15, -0.1) is 11.3 Å². The van der Waals surface area contributed by atoms with Gasteiger partial charge in [-0.05, 0) is 50.5 Å². The second-order valence-electron chi connectivity index (χ2n) is 5.94. The number of carbonyl (C=O) groups excluding carboxylic acids is 2. The molecule has 0 aromatic carbocycles. The molecular formula is C16H21NO3S. The number of nitrogens with one attached hydrogen (secondary N) is 1. The van der Waals surface area contributed by atoms with Gasteiger partial charge in [-0.25, -0.2) is 4.79 Å². The fraction of sp³-hybridized carbons (Fsp3) is 0.625. The Hall–Kier alpha value is -1.36. The van der Waals surface area contributed by atoms with Gasteiger partial charge < -0.3 is 10.1 Å². The van der Waals surface area contributed by atoms with E-state index in [1.54, 1.807) is 6.92 Å². The molecule has 1 amide bonds. The molecule has 1 aromatic heterocycles. The van der Waals surface area contributed by atoms with E-state index in [9.17, 15) is 9.59 Å². The summed E-state index contributed by atoms with van der Waals surface area (Å²) in [6, 6.07) is 1.84. The number of ether oxygens (including phenoxy) is 1. The number of aryl methyl sites for hydroxylation is 1. The third-order valence-corrected chi connectivity index (χ3v) is 5.67. The highest BCUT2D eigenvalue weighted by molar-refractivity contribution is 7.16. The minimum atomic E-state index is -0.349. The summed E-state index contributed by atoms with van der Waals surface area (Å²) in [6.07, 6.45) is 4.17. The number of hydrogen-bond acceptors (Lipinski definition) is 4. The Kier molecular flexibility index (Phi) is 4.02. The molecule has 2 saturated carbocycles. The van der Waals surface area contributed by atoms with Crippen molar-refractivity contribution in [2.24, 2.45) is 17.8 Å². The van der Waals surface area contributed by atoms with Crippen LogP contribution in [0.25, 0.3) is 0 Å². The molecule has 0 bridgehead atoms. The molecule has 5 heteroatoms. The monoisotopic (exact) mass is 307 g/mol. The van der Waals surface area contributed by atoms with Gasteiger partial charge in [0.1, 0.15) is 5.00 Å². The lowest BCUT2D eigenvalue weighted by Crippen LogP contribution is -2.22. The molecule has 0 saturated heterocycles. The van der Waals surface area contributed by atoms with Gasteiger partial charge in [0.15, 0.2) is 0 Å². The van der Waals surface area contributed by atoms with E-state index < -0.39 is 0 Å². The van der Waals surface area contributed by atoms with Crippen molar-refractivity contribution in [3.63, 3.8) is 0 Å². The van der Waals surface area contributed by atoms with Crippen molar-refractivity contribution in [3.05, 3.63) is 16.5 Å². The second kappa shape index (κ2) is 5.79. The average Bonchev–Trinajstić information content (AvgIpc) is 2.90. The number of esters is 1. The Bertz CT molecular complexity index is 556. The number of thiophene rings is 1. The Morgan fingerprint density at radius 2 is 2.00 bits per heavy atom. The number of amides is 1. The van der Waals surface area contributed by atoms with E-state index in [2.05, 4.69) is 5.32 Å². The van der Waals surface area contributed by atoms with E-state index in [-0.39, 0.29) is 17.8 Å². The van der Waals surface area contributed by atoms with Gasteiger partial charge in [-0.2, -0.15) is 0 Å². The maximum atomic E-state index is 12.4. The number of rotatable bonds is 5. The van der Waals surface area contributed by atoms with Crippen molar-refractivity contribution >= 4 is 28.2 Å². The number of fused-ring (bicyclic) bond motifs is 1. The molecule has 0 aliphatic heterocycles. The van der Waals surface area contributed by atoms with Crippen LogP contribution in [-0.2, 0) is 16.0 Å². The minimum Gasteiger partial charge on any atom is -0.462 e. The van der Waals surface area contributed by atoms with E-state index in [0.717, 1.165) is 36.0 Å². The van der Waals surface area contributed by atoms with E-state index in [1.165, 1.54) is 17.8 Å². The summed E-state index contributed by atoms with van der Waals surface area (Å²) in [5, 5.41) is 3.62. The topological polar surface area (TPSA) is 55.4 Å². The molecule has 21 heavy (non-hydrogen) atoms. The predicted molar refractivity (Wildman–Crippen MR) is 82.6 cm³/mol. The molecule has 0 radical (unpaired) electrons. The van der Waals surface area contributed by atoms with Crippen LogP contribution in [-0.4, -0.2) is 18.5 Å². The van der Waals surface area contributed by atoms with Gasteiger partial charge in [-0.3, -0.25) is 4.79 Å². The Labute approximate surface area is 128 Å². The second-order valence-corrected chi connectivity index (χ2v) is 7.08. The summed E-state index contributed by atoms with van der Waals surface area (Å²) in [7, 11) is 0. The highest BCUT2D eigenvalue weighted by atomic mass is 32.1. The van der Waals surface area contributed by atoms with Gasteiger partial charge >= 0.3 is 5.97 Å². The molecule has 2 aliphatic rings. The summed E-state index contributed by atoms with van der Waals surface area (Å²) in [6.45, 7) is 4.17. The smallest absolute Gasteiger partial charge is 0.341 e. The van der Waals surface area contributed by atoms with Crippen LogP contribution in [0.5, 0.6) is 0 Å². The largest absolute Gasteiger partial charge is 0.462 e. The first kappa shape index (κ1) is 14.6. The molecule has 1 heterocycles. The molecule has 114 valence electrons. The van der Waals surface area contributed by atoms with E-state index in [0.29, 0.717) is 17.2 Å². The zero-order valence-corrected chi connectivity index (χ0v) is 13.3. The van der Waals surface area contributed by atoms with Crippen LogP contribution in [0.3, 0.4) is 0 Å². The number of carbonyl (C=O) groups is 2. The van der Waals surface area contributed by atoms with E-state index >= 15 is 0 Å². The molecule has 2 atom stereocenters. The Morgan fingerprint density at radius 1 is 1.29 bits per heavy atom. The molecular weight excluding hydrogens is 286 g/mol. The zero-order valence-electron chi connectivity index (χ0n) is 12.5. The van der Waals surface area contributed by atoms with Crippen molar-refractivity contribution in [2.75, 3.05) is 11.9 Å². The summed E-state index contributed by atoms with van der Waals surface area (Å²) >= 11 is 1.48. The molecule has 2 aliphatic carbocycles. The quantitative estimate of drug-likeness (QED) is 0.847. The normalized spacial score (nSPS) is 26.3. The van der Waals surface area contributed by atoms with Crippen LogP contribution in [0, 0.1) is 17.8 Å². The van der Waals surface area contributed by atoms with Gasteiger partial charge in [0, 0.05) is 10.8 Å². The van der Waals surface area contributed by atoms with E-state index in [4.69, 9.17) is 4.74 Å². The van der Waals surface area contributed by atoms with Gasteiger partial charge in [0.25, 0.3) is 0 Å². The van der Waals surface area contributed by atoms with E-state index in [1.807, 2.05) is 13.0 Å². The summed E-state index contributed by atoms with van der Waals surface area (Å²) in [5.41, 5.74) is 0.496. The van der Waals surface area contributed by atoms with Crippen LogP contribution < -0.4 is 5.32 Å². The van der Waals surface area contributed by atoms with Gasteiger partial charge in [0.05, 0.1) is 12.2 Å². The zero-order chi connectivity index (χ0) is 15.0. The van der Waals surface area contributed by atoms with Crippen molar-refractivity contribution in [1.82, 2.24) is 0 Å². The van der Waals surface area contributed by atoms with Crippen LogP contribution in [0.2, 0.25) is 0 Å². The standard InChI is InChI=1S/C16H21NO3S/c1-3-12-8-13(16(19)20-4-2)15(21-12)17-14(18)11-6-9-5-10(9)7-11/h8-11H,3-7H2,1-2H3,(H,17,18). The molecule has 1 N–H and O–H groups in total. The highest BCUT2D eigenvalue weighted by Crippen LogP contribution is 2.54. The van der Waals surface area contributed by atoms with Gasteiger partial charge in [-0.1, -0.05) is 6.92 Å². The van der Waals surface area contributed by atoms with Crippen LogP contribution >= 0.6 is 11.3 Å². The van der Waals surface area contributed by atoms with Crippen LogP contribution in [0.4, 0.5) is 5.00 Å². The third kappa shape index (κ3) is 2.98. The molecule has 2 fully saturated rings. The lowest BCUT2D eigenvalue weighted by molar-refractivity contribution is -0.119. The van der Waals surface area contributed by atoms with Gasteiger partial charge in [0.2, 0.25) is 5.91 Å². The highest BCUT2D eigenvalue weighted by Gasteiger charge is 2.48. The first-order chi connectivity index (χ1) is 10.1. The Morgan fingerprint density at radius 3 is 2.62 bits per heavy atom. The van der Waals surface area contributed by atoms with Crippen molar-refractivity contribution in [1.29, 1.82) is 0 Å². The maximum absolute atomic E-state index is 12.4. The SMILES string of the molecule is CCOC(=O)c1cc(CC)sc1NC(=O)C1CC2CC2C1. The van der Waals surface area contributed by atoms with Crippen LogP contribution in [0.15, 0.2) is 6.07 Å². The minimum absolute atomic E-state index is 0.0669. The lowest BCUT2D eigenvalue weighted by Gasteiger charge is -2.12. The predicted octanol–water partition coefficient (Wildman–Crippen LogP) is 3.47. The van der Waals surface area contributed by atoms with Crippen molar-refractivity contribution in [2.45, 2.75) is 39.5 Å². The fourth-order valence-electron chi connectivity index (χ4n) is 3.21. The summed E-state index contributed by atoms with van der Waals surface area (Å²) in [4.78, 5) is 25.4. The number of anilines is 1. The Balaban J connectivity index is 1.72. The average molecular weight is 307 g/mol. The first-order valence-electron chi connectivity index (χ1n) is 7.73. The third-order valence-electron chi connectivity index (χ3n) is 4.48. The molecule has 2 unspecified atom stereocenters. The summed E-state index contributed by atoms with van der Waals surface area (Å²) < 4.78 is 5.07. The molecule has 4 nitrogen and oxygen atoms in total. The van der Waals surface area contributed by atoms with Crippen LogP contribution in [0.1, 0.15) is 48.3 Å². The summed E-state index contributed by atoms with van der Waals surface area (Å²) in [5.74, 6) is 1.39. The van der Waals surface area contributed by atoms with Crippen molar-refractivity contribution < 1.29 is 14.3 Å². The molecule has 1 aromatic rings. The number of hydrogen-bond donors (Lipinski definition) is 1. The molecule has 0 spiro atoms. The first-order valence-corrected chi connectivity index (χ1v) is 8.54. The lowest BCUT2D eigenvalue weighted by atomic mass is 10.0. The van der Waals surface area contributed by atoms with Crippen molar-refractivity contribution in [3.8, 4) is 0 Å².